The first-order valence-electron chi connectivity index (χ1n) is 10.9. The third kappa shape index (κ3) is 7.66. The maximum Gasteiger partial charge on any atom is 0.261 e. The Morgan fingerprint density at radius 3 is 2.31 bits per heavy atom. The first-order chi connectivity index (χ1) is 16.8. The number of anilines is 1. The fourth-order valence-electron chi connectivity index (χ4n) is 3.23. The Morgan fingerprint density at radius 1 is 0.972 bits per heavy atom. The van der Waals surface area contributed by atoms with Gasteiger partial charge in [0, 0.05) is 12.6 Å². The van der Waals surface area contributed by atoms with Crippen molar-refractivity contribution < 1.29 is 17.9 Å². The number of likely N-dealkylation sites (N-methyl/N-ethyl adjacent to an activating group) is 1. The second-order valence-corrected chi connectivity index (χ2v) is 9.92. The highest BCUT2D eigenvalue weighted by Crippen LogP contribution is 2.31. The van der Waals surface area contributed by atoms with Crippen molar-refractivity contribution in [2.45, 2.75) is 18.7 Å². The summed E-state index contributed by atoms with van der Waals surface area (Å²) >= 11 is 12.2. The van der Waals surface area contributed by atoms with E-state index in [0.29, 0.717) is 28.8 Å². The predicted molar refractivity (Wildman–Crippen MR) is 145 cm³/mol. The molecule has 0 radical (unpaired) electrons. The first kappa shape index (κ1) is 29.6. The number of nitriles is 1. The minimum absolute atomic E-state index is 0. The van der Waals surface area contributed by atoms with Crippen molar-refractivity contribution in [3.63, 3.8) is 0 Å². The summed E-state index contributed by atoms with van der Waals surface area (Å²) in [7, 11) is -3.88. The van der Waals surface area contributed by atoms with Gasteiger partial charge in [-0.15, -0.1) is 12.4 Å². The van der Waals surface area contributed by atoms with Crippen LogP contribution in [0, 0.1) is 11.3 Å². The molecule has 0 saturated carbocycles. The van der Waals surface area contributed by atoms with Gasteiger partial charge in [-0.25, -0.2) is 8.42 Å². The van der Waals surface area contributed by atoms with E-state index in [0.717, 1.165) is 19.6 Å². The Hall–Kier alpha value is -2.67. The highest BCUT2D eigenvalue weighted by Gasteiger charge is 2.16. The summed E-state index contributed by atoms with van der Waals surface area (Å²) in [5.41, 5.74) is 0.524. The molecule has 0 aromatic heterocycles. The van der Waals surface area contributed by atoms with Crippen LogP contribution >= 0.6 is 35.6 Å². The van der Waals surface area contributed by atoms with E-state index >= 15 is 0 Å². The molecule has 7 nitrogen and oxygen atoms in total. The summed E-state index contributed by atoms with van der Waals surface area (Å²) in [5.74, 6) is 1.04. The molecular formula is C25H26Cl3N3O4S. The zero-order valence-electron chi connectivity index (χ0n) is 19.7. The van der Waals surface area contributed by atoms with Crippen molar-refractivity contribution in [3.8, 4) is 23.3 Å². The number of ether oxygens (including phenoxy) is 2. The fraction of sp³-hybridized carbons (Fsp3) is 0.240. The standard InChI is InChI=1S/C25H25Cl2N3O4S.ClH/c1-3-30(4-2)14-15-33-25-16-18(8-13-23(25)27)29-35(31,32)20-11-9-19(10-12-20)34-24-7-5-6-22(26)21(24)17-28;/h5-13,16,29H,3-4,14-15H2,1-2H3;1H. The number of benzene rings is 3. The molecule has 0 bridgehead atoms. The second kappa shape index (κ2) is 13.6. The van der Waals surface area contributed by atoms with E-state index in [1.165, 1.54) is 24.3 Å². The lowest BCUT2D eigenvalue weighted by atomic mass is 10.2. The Morgan fingerprint density at radius 2 is 1.67 bits per heavy atom. The summed E-state index contributed by atoms with van der Waals surface area (Å²) in [5, 5.41) is 9.94. The SMILES string of the molecule is CCN(CC)CCOc1cc(NS(=O)(=O)c2ccc(Oc3cccc(Cl)c3C#N)cc2)ccc1Cl.Cl. The molecule has 0 aliphatic rings. The van der Waals surface area contributed by atoms with Crippen LogP contribution in [0.4, 0.5) is 5.69 Å². The Kier molecular flexibility index (Phi) is 11.2. The Labute approximate surface area is 228 Å². The van der Waals surface area contributed by atoms with Crippen molar-refractivity contribution in [1.29, 1.82) is 5.26 Å². The molecule has 3 rings (SSSR count). The van der Waals surface area contributed by atoms with Gasteiger partial charge in [0.1, 0.15) is 35.5 Å². The number of hydrogen-bond acceptors (Lipinski definition) is 6. The normalized spacial score (nSPS) is 10.9. The fourth-order valence-corrected chi connectivity index (χ4v) is 4.66. The average Bonchev–Trinajstić information content (AvgIpc) is 2.84. The summed E-state index contributed by atoms with van der Waals surface area (Å²) in [6.07, 6.45) is 0. The van der Waals surface area contributed by atoms with E-state index in [1.807, 2.05) is 6.07 Å². The number of sulfonamides is 1. The monoisotopic (exact) mass is 569 g/mol. The molecule has 192 valence electrons. The van der Waals surface area contributed by atoms with Crippen molar-refractivity contribution in [1.82, 2.24) is 4.90 Å². The van der Waals surface area contributed by atoms with Gasteiger partial charge in [-0.3, -0.25) is 4.72 Å². The molecule has 3 aromatic rings. The minimum atomic E-state index is -3.88. The van der Waals surface area contributed by atoms with Gasteiger partial charge in [0.05, 0.1) is 20.6 Å². The molecule has 0 amide bonds. The minimum Gasteiger partial charge on any atom is -0.491 e. The maximum absolute atomic E-state index is 12.9. The molecule has 0 aliphatic carbocycles. The molecule has 0 spiro atoms. The predicted octanol–water partition coefficient (Wildman–Crippen LogP) is 6.60. The van der Waals surface area contributed by atoms with Gasteiger partial charge in [-0.2, -0.15) is 5.26 Å². The van der Waals surface area contributed by atoms with Crippen molar-refractivity contribution in [2.24, 2.45) is 0 Å². The maximum atomic E-state index is 12.9. The highest BCUT2D eigenvalue weighted by atomic mass is 35.5. The van der Waals surface area contributed by atoms with Gasteiger partial charge in [0.2, 0.25) is 0 Å². The average molecular weight is 571 g/mol. The van der Waals surface area contributed by atoms with Crippen LogP contribution in [0.25, 0.3) is 0 Å². The van der Waals surface area contributed by atoms with Crippen molar-refractivity contribution in [3.05, 3.63) is 76.3 Å². The van der Waals surface area contributed by atoms with Gasteiger partial charge in [-0.1, -0.05) is 43.1 Å². The molecule has 0 saturated heterocycles. The number of halogens is 3. The topological polar surface area (TPSA) is 91.7 Å². The molecule has 0 unspecified atom stereocenters. The van der Waals surface area contributed by atoms with Gasteiger partial charge in [0.25, 0.3) is 10.0 Å². The third-order valence-corrected chi connectivity index (χ3v) is 7.22. The zero-order valence-corrected chi connectivity index (χ0v) is 22.8. The summed E-state index contributed by atoms with van der Waals surface area (Å²) in [4.78, 5) is 2.25. The van der Waals surface area contributed by atoms with Crippen LogP contribution in [0.15, 0.2) is 65.6 Å². The lowest BCUT2D eigenvalue weighted by molar-refractivity contribution is 0.223. The van der Waals surface area contributed by atoms with E-state index < -0.39 is 10.0 Å². The van der Waals surface area contributed by atoms with E-state index in [1.54, 1.807) is 36.4 Å². The van der Waals surface area contributed by atoms with Crippen LogP contribution < -0.4 is 14.2 Å². The van der Waals surface area contributed by atoms with Crippen LogP contribution in [0.1, 0.15) is 19.4 Å². The van der Waals surface area contributed by atoms with Crippen molar-refractivity contribution >= 4 is 51.3 Å². The zero-order chi connectivity index (χ0) is 25.4. The number of nitrogens with zero attached hydrogens (tertiary/aromatic N) is 2. The quantitative estimate of drug-likeness (QED) is 0.279. The van der Waals surface area contributed by atoms with Gasteiger partial charge < -0.3 is 14.4 Å². The number of nitrogens with one attached hydrogen (secondary N) is 1. The molecule has 0 heterocycles. The molecule has 0 atom stereocenters. The molecule has 11 heteroatoms. The molecule has 36 heavy (non-hydrogen) atoms. The lowest BCUT2D eigenvalue weighted by Gasteiger charge is -2.18. The van der Waals surface area contributed by atoms with Crippen LogP contribution in [-0.2, 0) is 10.0 Å². The smallest absolute Gasteiger partial charge is 0.261 e. The van der Waals surface area contributed by atoms with Gasteiger partial charge in [0.15, 0.2) is 0 Å². The summed E-state index contributed by atoms with van der Waals surface area (Å²) in [6.45, 7) is 7.14. The Bertz CT molecular complexity index is 1310. The molecule has 1 N–H and O–H groups in total. The van der Waals surface area contributed by atoms with Crippen LogP contribution in [0.2, 0.25) is 10.0 Å². The lowest BCUT2D eigenvalue weighted by Crippen LogP contribution is -2.27. The molecule has 3 aromatic carbocycles. The Balaban J connectivity index is 0.00000456. The summed E-state index contributed by atoms with van der Waals surface area (Å²) in [6, 6.07) is 17.4. The van der Waals surface area contributed by atoms with E-state index in [2.05, 4.69) is 23.5 Å². The third-order valence-electron chi connectivity index (χ3n) is 5.19. The first-order valence-corrected chi connectivity index (χ1v) is 13.1. The van der Waals surface area contributed by atoms with Crippen LogP contribution in [0.5, 0.6) is 17.2 Å². The highest BCUT2D eigenvalue weighted by molar-refractivity contribution is 7.92. The van der Waals surface area contributed by atoms with E-state index in [9.17, 15) is 13.7 Å². The second-order valence-electron chi connectivity index (χ2n) is 7.42. The molecular weight excluding hydrogens is 545 g/mol. The van der Waals surface area contributed by atoms with Crippen LogP contribution in [-0.4, -0.2) is 39.6 Å². The molecule has 0 aliphatic heterocycles. The summed E-state index contributed by atoms with van der Waals surface area (Å²) < 4.78 is 39.8. The van der Waals surface area contributed by atoms with Gasteiger partial charge >= 0.3 is 0 Å². The number of hydrogen-bond donors (Lipinski definition) is 1. The number of rotatable bonds is 11. The van der Waals surface area contributed by atoms with E-state index in [-0.39, 0.29) is 33.6 Å². The molecule has 0 fully saturated rings. The van der Waals surface area contributed by atoms with Crippen LogP contribution in [0.3, 0.4) is 0 Å². The van der Waals surface area contributed by atoms with Gasteiger partial charge in [-0.05, 0) is 61.6 Å². The van der Waals surface area contributed by atoms with Crippen molar-refractivity contribution in [2.75, 3.05) is 31.0 Å². The van der Waals surface area contributed by atoms with E-state index in [4.69, 9.17) is 32.7 Å². The largest absolute Gasteiger partial charge is 0.491 e.